The third-order valence-electron chi connectivity index (χ3n) is 4.63. The lowest BCUT2D eigenvalue weighted by atomic mass is 9.96. The Kier molecular flexibility index (Phi) is 6.04. The highest BCUT2D eigenvalue weighted by Crippen LogP contribution is 2.18. The summed E-state index contributed by atoms with van der Waals surface area (Å²) in [5, 5.41) is 7.26. The highest BCUT2D eigenvalue weighted by molar-refractivity contribution is 7.80. The Morgan fingerprint density at radius 1 is 1.08 bits per heavy atom. The molecular weight excluding hydrogens is 322 g/mol. The largest absolute Gasteiger partial charge is 0.378 e. The van der Waals surface area contributed by atoms with Gasteiger partial charge in [-0.1, -0.05) is 19.3 Å². The van der Waals surface area contributed by atoms with Gasteiger partial charge in [-0.15, -0.1) is 0 Å². The molecule has 1 saturated carbocycles. The number of benzene rings is 1. The smallest absolute Gasteiger partial charge is 0.254 e. The normalized spacial score (nSPS) is 18.9. The first-order chi connectivity index (χ1) is 11.7. The van der Waals surface area contributed by atoms with Crippen molar-refractivity contribution in [2.75, 3.05) is 31.6 Å². The third kappa shape index (κ3) is 4.68. The fourth-order valence-corrected chi connectivity index (χ4v) is 3.53. The molecule has 3 rings (SSSR count). The van der Waals surface area contributed by atoms with Crippen LogP contribution >= 0.6 is 12.2 Å². The topological polar surface area (TPSA) is 53.6 Å². The van der Waals surface area contributed by atoms with E-state index in [0.717, 1.165) is 5.69 Å². The van der Waals surface area contributed by atoms with E-state index in [4.69, 9.17) is 17.0 Å². The van der Waals surface area contributed by atoms with E-state index in [1.807, 2.05) is 29.2 Å². The lowest BCUT2D eigenvalue weighted by Crippen LogP contribution is -2.40. The van der Waals surface area contributed by atoms with Gasteiger partial charge >= 0.3 is 0 Å². The predicted molar refractivity (Wildman–Crippen MR) is 99.4 cm³/mol. The lowest BCUT2D eigenvalue weighted by Gasteiger charge is -2.27. The first-order valence-corrected chi connectivity index (χ1v) is 9.18. The molecule has 1 saturated heterocycles. The Morgan fingerprint density at radius 3 is 2.42 bits per heavy atom. The van der Waals surface area contributed by atoms with Crippen LogP contribution in [0.5, 0.6) is 0 Å². The SMILES string of the molecule is O=C(c1ccc(NC(=S)NC2CCCCC2)cc1)N1CCOCC1. The van der Waals surface area contributed by atoms with E-state index in [2.05, 4.69) is 10.6 Å². The van der Waals surface area contributed by atoms with Crippen LogP contribution in [0.25, 0.3) is 0 Å². The Bertz CT molecular complexity index is 564. The number of ether oxygens (including phenoxy) is 1. The van der Waals surface area contributed by atoms with Crippen molar-refractivity contribution in [3.05, 3.63) is 29.8 Å². The van der Waals surface area contributed by atoms with E-state index in [1.165, 1.54) is 32.1 Å². The zero-order valence-corrected chi connectivity index (χ0v) is 14.7. The van der Waals surface area contributed by atoms with Crippen LogP contribution in [0.3, 0.4) is 0 Å². The van der Waals surface area contributed by atoms with Crippen molar-refractivity contribution in [1.29, 1.82) is 0 Å². The zero-order chi connectivity index (χ0) is 16.8. The zero-order valence-electron chi connectivity index (χ0n) is 13.9. The molecule has 1 amide bonds. The number of anilines is 1. The van der Waals surface area contributed by atoms with Crippen molar-refractivity contribution in [1.82, 2.24) is 10.2 Å². The summed E-state index contributed by atoms with van der Waals surface area (Å²) in [6.07, 6.45) is 6.26. The van der Waals surface area contributed by atoms with Crippen LogP contribution in [0, 0.1) is 0 Å². The Hall–Kier alpha value is -1.66. The molecule has 6 heteroatoms. The van der Waals surface area contributed by atoms with Gasteiger partial charge in [0.25, 0.3) is 5.91 Å². The van der Waals surface area contributed by atoms with E-state index in [9.17, 15) is 4.79 Å². The fraction of sp³-hybridized carbons (Fsp3) is 0.556. The molecule has 2 fully saturated rings. The monoisotopic (exact) mass is 347 g/mol. The van der Waals surface area contributed by atoms with Gasteiger partial charge < -0.3 is 20.3 Å². The van der Waals surface area contributed by atoms with Gasteiger partial charge in [-0.2, -0.15) is 0 Å². The van der Waals surface area contributed by atoms with Gasteiger partial charge in [0, 0.05) is 30.4 Å². The number of carbonyl (C=O) groups is 1. The second-order valence-electron chi connectivity index (χ2n) is 6.42. The maximum atomic E-state index is 12.4. The number of nitrogens with one attached hydrogen (secondary N) is 2. The van der Waals surface area contributed by atoms with Crippen LogP contribution in [0.2, 0.25) is 0 Å². The first kappa shape index (κ1) is 17.2. The number of amides is 1. The van der Waals surface area contributed by atoms with Crippen LogP contribution in [0.4, 0.5) is 5.69 Å². The number of carbonyl (C=O) groups excluding carboxylic acids is 1. The minimum atomic E-state index is 0.0627. The molecule has 1 aliphatic carbocycles. The van der Waals surface area contributed by atoms with Crippen molar-refractivity contribution in [2.24, 2.45) is 0 Å². The molecule has 0 bridgehead atoms. The van der Waals surface area contributed by atoms with E-state index in [0.29, 0.717) is 43.0 Å². The average Bonchev–Trinajstić information content (AvgIpc) is 2.63. The molecule has 1 aromatic carbocycles. The van der Waals surface area contributed by atoms with Crippen LogP contribution in [0.1, 0.15) is 42.5 Å². The molecule has 0 radical (unpaired) electrons. The summed E-state index contributed by atoms with van der Waals surface area (Å²) in [5.41, 5.74) is 1.61. The Labute approximate surface area is 148 Å². The van der Waals surface area contributed by atoms with E-state index >= 15 is 0 Å². The van der Waals surface area contributed by atoms with Gasteiger partial charge in [0.05, 0.1) is 13.2 Å². The van der Waals surface area contributed by atoms with Gasteiger partial charge in [0.15, 0.2) is 5.11 Å². The Morgan fingerprint density at radius 2 is 1.75 bits per heavy atom. The van der Waals surface area contributed by atoms with E-state index in [-0.39, 0.29) is 5.91 Å². The van der Waals surface area contributed by atoms with Crippen molar-refractivity contribution in [3.63, 3.8) is 0 Å². The highest BCUT2D eigenvalue weighted by atomic mass is 32.1. The summed E-state index contributed by atoms with van der Waals surface area (Å²) >= 11 is 5.39. The molecule has 0 spiro atoms. The molecule has 0 atom stereocenters. The molecule has 130 valence electrons. The average molecular weight is 347 g/mol. The van der Waals surface area contributed by atoms with Crippen molar-refractivity contribution >= 4 is 28.9 Å². The maximum absolute atomic E-state index is 12.4. The number of rotatable bonds is 3. The molecular formula is C18H25N3O2S. The van der Waals surface area contributed by atoms with Crippen LogP contribution in [0.15, 0.2) is 24.3 Å². The number of hydrogen-bond acceptors (Lipinski definition) is 3. The fourth-order valence-electron chi connectivity index (χ4n) is 3.24. The summed E-state index contributed by atoms with van der Waals surface area (Å²) in [5.74, 6) is 0.0627. The van der Waals surface area contributed by atoms with Crippen molar-refractivity contribution < 1.29 is 9.53 Å². The summed E-state index contributed by atoms with van der Waals surface area (Å²) in [6, 6.07) is 8.00. The summed E-state index contributed by atoms with van der Waals surface area (Å²) in [6.45, 7) is 2.56. The van der Waals surface area contributed by atoms with Gasteiger partial charge in [0.2, 0.25) is 0 Å². The molecule has 5 nitrogen and oxygen atoms in total. The quantitative estimate of drug-likeness (QED) is 0.824. The summed E-state index contributed by atoms with van der Waals surface area (Å²) in [7, 11) is 0. The second-order valence-corrected chi connectivity index (χ2v) is 6.82. The van der Waals surface area contributed by atoms with Gasteiger partial charge in [-0.3, -0.25) is 4.79 Å². The van der Waals surface area contributed by atoms with Crippen molar-refractivity contribution in [3.8, 4) is 0 Å². The maximum Gasteiger partial charge on any atom is 0.254 e. The second kappa shape index (κ2) is 8.44. The van der Waals surface area contributed by atoms with Crippen LogP contribution in [-0.2, 0) is 4.74 Å². The molecule has 0 aromatic heterocycles. The minimum Gasteiger partial charge on any atom is -0.378 e. The Balaban J connectivity index is 1.52. The number of nitrogens with zero attached hydrogens (tertiary/aromatic N) is 1. The predicted octanol–water partition coefficient (Wildman–Crippen LogP) is 2.78. The summed E-state index contributed by atoms with van der Waals surface area (Å²) in [4.78, 5) is 14.2. The molecule has 2 N–H and O–H groups in total. The van der Waals surface area contributed by atoms with Crippen LogP contribution in [-0.4, -0.2) is 48.3 Å². The van der Waals surface area contributed by atoms with Gasteiger partial charge in [-0.25, -0.2) is 0 Å². The molecule has 1 aromatic rings. The van der Waals surface area contributed by atoms with Crippen LogP contribution < -0.4 is 10.6 Å². The molecule has 0 unspecified atom stereocenters. The van der Waals surface area contributed by atoms with Crippen molar-refractivity contribution in [2.45, 2.75) is 38.1 Å². The number of morpholine rings is 1. The first-order valence-electron chi connectivity index (χ1n) is 8.77. The standard InChI is InChI=1S/C18H25N3O2S/c22-17(21-10-12-23-13-11-21)14-6-8-16(9-7-14)20-18(24)19-15-4-2-1-3-5-15/h6-9,15H,1-5,10-13H2,(H2,19,20,24). The number of hydrogen-bond donors (Lipinski definition) is 2. The highest BCUT2D eigenvalue weighted by Gasteiger charge is 2.18. The lowest BCUT2D eigenvalue weighted by molar-refractivity contribution is 0.0303. The molecule has 1 aliphatic heterocycles. The number of thiocarbonyl (C=S) groups is 1. The third-order valence-corrected chi connectivity index (χ3v) is 4.85. The minimum absolute atomic E-state index is 0.0627. The molecule has 1 heterocycles. The van der Waals surface area contributed by atoms with Gasteiger partial charge in [-0.05, 0) is 49.3 Å². The molecule has 2 aliphatic rings. The molecule has 24 heavy (non-hydrogen) atoms. The van der Waals surface area contributed by atoms with Gasteiger partial charge in [0.1, 0.15) is 0 Å². The van der Waals surface area contributed by atoms with E-state index < -0.39 is 0 Å². The van der Waals surface area contributed by atoms with E-state index in [1.54, 1.807) is 0 Å². The summed E-state index contributed by atoms with van der Waals surface area (Å²) < 4.78 is 5.29.